The van der Waals surface area contributed by atoms with Gasteiger partial charge in [0, 0.05) is 0 Å². The van der Waals surface area contributed by atoms with Crippen LogP contribution in [0.25, 0.3) is 0 Å². The number of ether oxygens (including phenoxy) is 3. The molecule has 5 nitrogen and oxygen atoms in total. The summed E-state index contributed by atoms with van der Waals surface area (Å²) in [7, 11) is 1.39. The molecule has 144 valence electrons. The van der Waals surface area contributed by atoms with Gasteiger partial charge in [-0.05, 0) is 58.8 Å². The molecular formula is C20H34O5. The van der Waals surface area contributed by atoms with E-state index in [0.29, 0.717) is 12.8 Å². The van der Waals surface area contributed by atoms with Gasteiger partial charge in [0.05, 0.1) is 31.5 Å². The summed E-state index contributed by atoms with van der Waals surface area (Å²) in [5, 5.41) is 10.2. The summed E-state index contributed by atoms with van der Waals surface area (Å²) in [6.07, 6.45) is 6.71. The maximum absolute atomic E-state index is 12.0. The Balaban J connectivity index is 1.82. The van der Waals surface area contributed by atoms with E-state index in [1.165, 1.54) is 12.7 Å². The van der Waals surface area contributed by atoms with Crippen LogP contribution in [0.15, 0.2) is 11.6 Å². The normalized spacial score (nSPS) is 33.6. The maximum Gasteiger partial charge on any atom is 0.340 e. The van der Waals surface area contributed by atoms with E-state index in [1.807, 2.05) is 0 Å². The monoisotopic (exact) mass is 354 g/mol. The first-order chi connectivity index (χ1) is 11.7. The van der Waals surface area contributed by atoms with E-state index in [-0.39, 0.29) is 36.3 Å². The molecule has 0 radical (unpaired) electrons. The predicted molar refractivity (Wildman–Crippen MR) is 96.3 cm³/mol. The number of carbonyl (C=O) groups is 1. The topological polar surface area (TPSA) is 65.0 Å². The molecule has 0 saturated carbocycles. The van der Waals surface area contributed by atoms with Crippen molar-refractivity contribution in [1.82, 2.24) is 0 Å². The van der Waals surface area contributed by atoms with Crippen LogP contribution in [0.1, 0.15) is 66.2 Å². The van der Waals surface area contributed by atoms with Crippen LogP contribution in [0, 0.1) is 5.92 Å². The number of hydrogen-bond donors (Lipinski definition) is 1. The van der Waals surface area contributed by atoms with Crippen molar-refractivity contribution in [2.24, 2.45) is 5.92 Å². The summed E-state index contributed by atoms with van der Waals surface area (Å²) in [5.74, 6) is -0.0745. The Morgan fingerprint density at radius 3 is 2.80 bits per heavy atom. The van der Waals surface area contributed by atoms with Gasteiger partial charge in [-0.1, -0.05) is 25.0 Å². The quantitative estimate of drug-likeness (QED) is 0.535. The Morgan fingerprint density at radius 1 is 1.44 bits per heavy atom. The molecule has 2 aliphatic rings. The second-order valence-electron chi connectivity index (χ2n) is 8.19. The number of fused-ring (bicyclic) bond motifs is 2. The smallest absolute Gasteiger partial charge is 0.340 e. The maximum atomic E-state index is 12.0. The van der Waals surface area contributed by atoms with Gasteiger partial charge in [0.1, 0.15) is 0 Å². The van der Waals surface area contributed by atoms with Gasteiger partial charge in [-0.3, -0.25) is 0 Å². The lowest BCUT2D eigenvalue weighted by molar-refractivity contribution is -0.245. The molecule has 2 saturated heterocycles. The third kappa shape index (κ3) is 4.63. The summed E-state index contributed by atoms with van der Waals surface area (Å²) in [6, 6.07) is 0. The van der Waals surface area contributed by atoms with Crippen LogP contribution in [-0.2, 0) is 19.0 Å². The molecule has 1 N–H and O–H groups in total. The first kappa shape index (κ1) is 20.4. The van der Waals surface area contributed by atoms with Crippen LogP contribution >= 0.6 is 0 Å². The standard InChI is InChI=1S/C20H34O5/c1-14(2)8-9-16(21)15(3)7-6-11-19(4)17-10-12-20(25-17,13-24-19)18(22)23-5/h8,15-17,21H,6-7,9-13H2,1-5H3/t15?,16?,17-,19+,20+/m1/s1. The molecule has 2 unspecified atom stereocenters. The molecule has 0 aromatic carbocycles. The van der Waals surface area contributed by atoms with Gasteiger partial charge in [-0.15, -0.1) is 0 Å². The lowest BCUT2D eigenvalue weighted by Crippen LogP contribution is -2.56. The number of allylic oxidation sites excluding steroid dienone is 1. The molecule has 2 fully saturated rings. The highest BCUT2D eigenvalue weighted by atomic mass is 16.6. The minimum absolute atomic E-state index is 0.0637. The van der Waals surface area contributed by atoms with Gasteiger partial charge < -0.3 is 19.3 Å². The summed E-state index contributed by atoms with van der Waals surface area (Å²) in [5.41, 5.74) is -0.0208. The van der Waals surface area contributed by atoms with Crippen LogP contribution in [0.2, 0.25) is 0 Å². The zero-order chi connectivity index (χ0) is 18.7. The lowest BCUT2D eigenvalue weighted by atomic mass is 9.87. The number of aliphatic hydroxyl groups is 1. The molecule has 0 aliphatic carbocycles. The fourth-order valence-corrected chi connectivity index (χ4v) is 3.85. The number of rotatable bonds is 8. The number of aliphatic hydroxyl groups excluding tert-OH is 1. The average molecular weight is 354 g/mol. The van der Waals surface area contributed by atoms with Crippen molar-refractivity contribution in [3.05, 3.63) is 11.6 Å². The highest BCUT2D eigenvalue weighted by Crippen LogP contribution is 2.45. The second-order valence-corrected chi connectivity index (χ2v) is 8.19. The number of carbonyl (C=O) groups excluding carboxylic acids is 1. The van der Waals surface area contributed by atoms with Crippen molar-refractivity contribution in [2.75, 3.05) is 13.7 Å². The fourth-order valence-electron chi connectivity index (χ4n) is 3.85. The Bertz CT molecular complexity index is 498. The number of methoxy groups -OCH3 is 1. The molecule has 0 aromatic rings. The molecule has 0 aromatic heterocycles. The zero-order valence-corrected chi connectivity index (χ0v) is 16.3. The molecule has 2 heterocycles. The van der Waals surface area contributed by atoms with Crippen molar-refractivity contribution in [3.8, 4) is 0 Å². The fraction of sp³-hybridized carbons (Fsp3) is 0.850. The third-order valence-electron chi connectivity index (χ3n) is 5.81. The summed E-state index contributed by atoms with van der Waals surface area (Å²) in [4.78, 5) is 12.0. The van der Waals surface area contributed by atoms with Crippen LogP contribution < -0.4 is 0 Å². The van der Waals surface area contributed by atoms with E-state index in [2.05, 4.69) is 33.8 Å². The van der Waals surface area contributed by atoms with E-state index >= 15 is 0 Å². The SMILES string of the molecule is COC(=O)[C@@]12CC[C@@H](O1)[C@](C)(CCCC(C)C(O)CC=C(C)C)OC2. The largest absolute Gasteiger partial charge is 0.467 e. The van der Waals surface area contributed by atoms with Crippen LogP contribution in [0.5, 0.6) is 0 Å². The average Bonchev–Trinajstić information content (AvgIpc) is 2.98. The molecule has 0 amide bonds. The van der Waals surface area contributed by atoms with Crippen molar-refractivity contribution >= 4 is 5.97 Å². The van der Waals surface area contributed by atoms with Gasteiger partial charge in [0.2, 0.25) is 0 Å². The van der Waals surface area contributed by atoms with Gasteiger partial charge in [0.25, 0.3) is 0 Å². The van der Waals surface area contributed by atoms with Gasteiger partial charge in [0.15, 0.2) is 5.60 Å². The molecule has 5 heteroatoms. The van der Waals surface area contributed by atoms with Crippen molar-refractivity contribution < 1.29 is 24.1 Å². The van der Waals surface area contributed by atoms with Crippen molar-refractivity contribution in [3.63, 3.8) is 0 Å². The van der Waals surface area contributed by atoms with Crippen LogP contribution in [0.3, 0.4) is 0 Å². The van der Waals surface area contributed by atoms with Crippen molar-refractivity contribution in [2.45, 2.75) is 89.6 Å². The first-order valence-corrected chi connectivity index (χ1v) is 9.44. The highest BCUT2D eigenvalue weighted by molar-refractivity contribution is 5.80. The van der Waals surface area contributed by atoms with E-state index in [1.54, 1.807) is 0 Å². The molecule has 2 aliphatic heterocycles. The van der Waals surface area contributed by atoms with Gasteiger partial charge in [-0.2, -0.15) is 0 Å². The Kier molecular flexibility index (Phi) is 6.68. The van der Waals surface area contributed by atoms with E-state index < -0.39 is 5.60 Å². The first-order valence-electron chi connectivity index (χ1n) is 9.44. The van der Waals surface area contributed by atoms with Gasteiger partial charge >= 0.3 is 5.97 Å². The minimum Gasteiger partial charge on any atom is -0.467 e. The van der Waals surface area contributed by atoms with Crippen LogP contribution in [0.4, 0.5) is 0 Å². The third-order valence-corrected chi connectivity index (χ3v) is 5.81. The predicted octanol–water partition coefficient (Wildman–Crippen LogP) is 3.39. The van der Waals surface area contributed by atoms with Crippen molar-refractivity contribution in [1.29, 1.82) is 0 Å². The van der Waals surface area contributed by atoms with E-state index in [9.17, 15) is 9.90 Å². The molecular weight excluding hydrogens is 320 g/mol. The lowest BCUT2D eigenvalue weighted by Gasteiger charge is -2.43. The zero-order valence-electron chi connectivity index (χ0n) is 16.3. The second kappa shape index (κ2) is 8.19. The molecule has 5 atom stereocenters. The molecule has 0 spiro atoms. The molecule has 25 heavy (non-hydrogen) atoms. The molecule has 2 bridgehead atoms. The summed E-state index contributed by atoms with van der Waals surface area (Å²) < 4.78 is 17.0. The van der Waals surface area contributed by atoms with Gasteiger partial charge in [-0.25, -0.2) is 4.79 Å². The Labute approximate surface area is 151 Å². The van der Waals surface area contributed by atoms with E-state index in [4.69, 9.17) is 14.2 Å². The summed E-state index contributed by atoms with van der Waals surface area (Å²) >= 11 is 0. The molecule has 2 rings (SSSR count). The Hall–Kier alpha value is -0.910. The summed E-state index contributed by atoms with van der Waals surface area (Å²) in [6.45, 7) is 8.55. The number of hydrogen-bond acceptors (Lipinski definition) is 5. The number of esters is 1. The van der Waals surface area contributed by atoms with E-state index in [0.717, 1.165) is 25.7 Å². The minimum atomic E-state index is -0.896. The Morgan fingerprint density at radius 2 is 2.16 bits per heavy atom. The van der Waals surface area contributed by atoms with Crippen LogP contribution in [-0.4, -0.2) is 48.2 Å². The highest BCUT2D eigenvalue weighted by Gasteiger charge is 2.58.